The van der Waals surface area contributed by atoms with Crippen LogP contribution in [0.25, 0.3) is 0 Å². The standard InChI is InChI=1S/C7H12N2O/c1-7(8,5-10)6-3-2-4-9-6/h2-4,9-10H,5,8H2,1H3/t7-/m1/s1. The highest BCUT2D eigenvalue weighted by Crippen LogP contribution is 2.13. The van der Waals surface area contributed by atoms with Gasteiger partial charge in [-0.3, -0.25) is 0 Å². The van der Waals surface area contributed by atoms with Crippen molar-refractivity contribution < 1.29 is 5.11 Å². The first kappa shape index (κ1) is 7.31. The monoisotopic (exact) mass is 140 g/mol. The average molecular weight is 140 g/mol. The highest BCUT2D eigenvalue weighted by atomic mass is 16.3. The van der Waals surface area contributed by atoms with Gasteiger partial charge in [0.25, 0.3) is 0 Å². The zero-order chi connectivity index (χ0) is 7.61. The van der Waals surface area contributed by atoms with Crippen molar-refractivity contribution in [3.05, 3.63) is 24.0 Å². The smallest absolute Gasteiger partial charge is 0.0766 e. The summed E-state index contributed by atoms with van der Waals surface area (Å²) in [7, 11) is 0. The molecule has 0 aromatic carbocycles. The number of aliphatic hydroxyl groups excluding tert-OH is 1. The van der Waals surface area contributed by atoms with E-state index in [1.54, 1.807) is 13.1 Å². The molecule has 1 atom stereocenters. The molecule has 1 rings (SSSR count). The second-order valence-corrected chi connectivity index (χ2v) is 2.66. The van der Waals surface area contributed by atoms with E-state index in [1.807, 2.05) is 12.1 Å². The van der Waals surface area contributed by atoms with Gasteiger partial charge in [0.15, 0.2) is 0 Å². The molecule has 4 N–H and O–H groups in total. The molecule has 1 aromatic rings. The molecule has 1 aromatic heterocycles. The molecule has 56 valence electrons. The first-order chi connectivity index (χ1) is 4.67. The minimum atomic E-state index is -0.635. The van der Waals surface area contributed by atoms with E-state index in [9.17, 15) is 0 Å². The summed E-state index contributed by atoms with van der Waals surface area (Å²) in [6, 6.07) is 3.71. The molecule has 0 radical (unpaired) electrons. The second-order valence-electron chi connectivity index (χ2n) is 2.66. The van der Waals surface area contributed by atoms with Crippen LogP contribution in [-0.4, -0.2) is 16.7 Å². The summed E-state index contributed by atoms with van der Waals surface area (Å²) in [5, 5.41) is 8.82. The van der Waals surface area contributed by atoms with Crippen LogP contribution in [0.15, 0.2) is 18.3 Å². The van der Waals surface area contributed by atoms with Gasteiger partial charge in [-0.05, 0) is 19.1 Å². The van der Waals surface area contributed by atoms with Crippen molar-refractivity contribution in [3.63, 3.8) is 0 Å². The van der Waals surface area contributed by atoms with Crippen molar-refractivity contribution >= 4 is 0 Å². The van der Waals surface area contributed by atoms with E-state index in [0.717, 1.165) is 5.69 Å². The summed E-state index contributed by atoms with van der Waals surface area (Å²) in [6.07, 6.45) is 1.79. The van der Waals surface area contributed by atoms with Crippen molar-refractivity contribution in [3.8, 4) is 0 Å². The number of rotatable bonds is 2. The maximum atomic E-state index is 8.82. The molecule has 0 aliphatic rings. The number of aromatic amines is 1. The summed E-state index contributed by atoms with van der Waals surface area (Å²) in [5.41, 5.74) is 5.92. The van der Waals surface area contributed by atoms with Crippen LogP contribution in [0.5, 0.6) is 0 Å². The maximum absolute atomic E-state index is 8.82. The first-order valence-electron chi connectivity index (χ1n) is 3.20. The summed E-state index contributed by atoms with van der Waals surface area (Å²) in [4.78, 5) is 2.94. The van der Waals surface area contributed by atoms with Gasteiger partial charge >= 0.3 is 0 Å². The van der Waals surface area contributed by atoms with Crippen LogP contribution in [0.2, 0.25) is 0 Å². The van der Waals surface area contributed by atoms with Gasteiger partial charge < -0.3 is 15.8 Å². The number of aliphatic hydroxyl groups is 1. The van der Waals surface area contributed by atoms with Gasteiger partial charge in [0.05, 0.1) is 12.1 Å². The molecule has 10 heavy (non-hydrogen) atoms. The quantitative estimate of drug-likeness (QED) is 0.548. The normalized spacial score (nSPS) is 16.7. The van der Waals surface area contributed by atoms with E-state index in [1.165, 1.54) is 0 Å². The Kier molecular flexibility index (Phi) is 1.78. The van der Waals surface area contributed by atoms with E-state index >= 15 is 0 Å². The Morgan fingerprint density at radius 1 is 1.80 bits per heavy atom. The van der Waals surface area contributed by atoms with Crippen LogP contribution in [0, 0.1) is 0 Å². The number of hydrogen-bond acceptors (Lipinski definition) is 2. The van der Waals surface area contributed by atoms with E-state index < -0.39 is 5.54 Å². The molecule has 0 saturated heterocycles. The topological polar surface area (TPSA) is 62.0 Å². The third kappa shape index (κ3) is 1.20. The fourth-order valence-electron chi connectivity index (χ4n) is 0.771. The zero-order valence-electron chi connectivity index (χ0n) is 5.96. The van der Waals surface area contributed by atoms with Crippen molar-refractivity contribution in [2.45, 2.75) is 12.5 Å². The molecule has 0 aliphatic heterocycles. The Hall–Kier alpha value is -0.800. The van der Waals surface area contributed by atoms with Gasteiger partial charge in [-0.2, -0.15) is 0 Å². The lowest BCUT2D eigenvalue weighted by molar-refractivity contribution is 0.207. The molecule has 3 heteroatoms. The number of hydrogen-bond donors (Lipinski definition) is 3. The highest BCUT2D eigenvalue weighted by Gasteiger charge is 2.19. The number of aromatic nitrogens is 1. The van der Waals surface area contributed by atoms with Crippen molar-refractivity contribution in [2.75, 3.05) is 6.61 Å². The minimum absolute atomic E-state index is 0.0481. The van der Waals surface area contributed by atoms with Gasteiger partial charge in [0.1, 0.15) is 0 Å². The Morgan fingerprint density at radius 2 is 2.50 bits per heavy atom. The van der Waals surface area contributed by atoms with E-state index in [4.69, 9.17) is 10.8 Å². The van der Waals surface area contributed by atoms with Crippen LogP contribution in [0.4, 0.5) is 0 Å². The largest absolute Gasteiger partial charge is 0.394 e. The van der Waals surface area contributed by atoms with Gasteiger partial charge in [-0.25, -0.2) is 0 Å². The van der Waals surface area contributed by atoms with Gasteiger partial charge in [0, 0.05) is 11.9 Å². The maximum Gasteiger partial charge on any atom is 0.0766 e. The van der Waals surface area contributed by atoms with Gasteiger partial charge in [-0.1, -0.05) is 0 Å². The lowest BCUT2D eigenvalue weighted by Gasteiger charge is -2.19. The molecule has 0 unspecified atom stereocenters. The summed E-state index contributed by atoms with van der Waals surface area (Å²) in [6.45, 7) is 1.73. The van der Waals surface area contributed by atoms with Crippen LogP contribution in [0.1, 0.15) is 12.6 Å². The Bertz CT molecular complexity index is 191. The molecular formula is C7H12N2O. The summed E-state index contributed by atoms with van der Waals surface area (Å²) < 4.78 is 0. The van der Waals surface area contributed by atoms with Crippen LogP contribution in [-0.2, 0) is 5.54 Å². The predicted molar refractivity (Wildman–Crippen MR) is 39.4 cm³/mol. The molecule has 0 fully saturated rings. The molecular weight excluding hydrogens is 128 g/mol. The molecule has 1 heterocycles. The highest BCUT2D eigenvalue weighted by molar-refractivity contribution is 5.13. The van der Waals surface area contributed by atoms with Crippen LogP contribution < -0.4 is 5.73 Å². The molecule has 3 nitrogen and oxygen atoms in total. The fourth-order valence-corrected chi connectivity index (χ4v) is 0.771. The van der Waals surface area contributed by atoms with Gasteiger partial charge in [-0.15, -0.1) is 0 Å². The van der Waals surface area contributed by atoms with Crippen molar-refractivity contribution in [1.29, 1.82) is 0 Å². The second kappa shape index (κ2) is 2.44. The lowest BCUT2D eigenvalue weighted by Crippen LogP contribution is -2.37. The van der Waals surface area contributed by atoms with Gasteiger partial charge in [0.2, 0.25) is 0 Å². The van der Waals surface area contributed by atoms with Crippen LogP contribution >= 0.6 is 0 Å². The zero-order valence-corrected chi connectivity index (χ0v) is 5.96. The summed E-state index contributed by atoms with van der Waals surface area (Å²) >= 11 is 0. The van der Waals surface area contributed by atoms with E-state index in [-0.39, 0.29) is 6.61 Å². The molecule has 0 bridgehead atoms. The third-order valence-corrected chi connectivity index (χ3v) is 1.54. The Morgan fingerprint density at radius 3 is 2.90 bits per heavy atom. The molecule has 0 amide bonds. The first-order valence-corrected chi connectivity index (χ1v) is 3.20. The average Bonchev–Trinajstić information content (AvgIpc) is 2.38. The lowest BCUT2D eigenvalue weighted by atomic mass is 10.0. The summed E-state index contributed by atoms with van der Waals surface area (Å²) in [5.74, 6) is 0. The third-order valence-electron chi connectivity index (χ3n) is 1.54. The molecule has 0 spiro atoms. The van der Waals surface area contributed by atoms with Crippen LogP contribution in [0.3, 0.4) is 0 Å². The number of nitrogens with two attached hydrogens (primary N) is 1. The van der Waals surface area contributed by atoms with E-state index in [0.29, 0.717) is 0 Å². The number of nitrogens with one attached hydrogen (secondary N) is 1. The Balaban J connectivity index is 2.85. The SMILES string of the molecule is C[C@@](N)(CO)c1ccc[nH]1. The fraction of sp³-hybridized carbons (Fsp3) is 0.429. The molecule has 0 aliphatic carbocycles. The number of H-pyrrole nitrogens is 1. The predicted octanol–water partition coefficient (Wildman–Crippen LogP) is 0.181. The minimum Gasteiger partial charge on any atom is -0.394 e. The van der Waals surface area contributed by atoms with Crippen molar-refractivity contribution in [2.24, 2.45) is 5.73 Å². The van der Waals surface area contributed by atoms with E-state index in [2.05, 4.69) is 4.98 Å². The van der Waals surface area contributed by atoms with Crippen molar-refractivity contribution in [1.82, 2.24) is 4.98 Å². The Labute approximate surface area is 59.9 Å². The molecule has 0 saturated carbocycles.